The molecule has 0 bridgehead atoms. The van der Waals surface area contributed by atoms with Crippen LogP contribution in [0.2, 0.25) is 5.02 Å². The van der Waals surface area contributed by atoms with Crippen LogP contribution >= 0.6 is 22.9 Å². The van der Waals surface area contributed by atoms with E-state index in [1.807, 2.05) is 0 Å². The smallest absolute Gasteiger partial charge is 0.311 e. The molecule has 1 heterocycles. The molecule has 0 aliphatic carbocycles. The Hall–Kier alpha value is -2.06. The zero-order valence-corrected chi connectivity index (χ0v) is 13.5. The van der Waals surface area contributed by atoms with E-state index in [0.29, 0.717) is 17.4 Å². The highest BCUT2D eigenvalue weighted by atomic mass is 35.5. The average Bonchev–Trinajstić information content (AvgIpc) is 2.95. The van der Waals surface area contributed by atoms with Crippen molar-refractivity contribution in [1.29, 1.82) is 0 Å². The summed E-state index contributed by atoms with van der Waals surface area (Å²) in [4.78, 5) is 15.4. The monoisotopic (exact) mass is 359 g/mol. The number of hydrazone groups is 1. The zero-order chi connectivity index (χ0) is 16.8. The van der Waals surface area contributed by atoms with Crippen molar-refractivity contribution >= 4 is 40.3 Å². The van der Waals surface area contributed by atoms with Gasteiger partial charge in [-0.2, -0.15) is 5.10 Å². The lowest BCUT2D eigenvalue weighted by Gasteiger charge is -2.00. The van der Waals surface area contributed by atoms with Crippen LogP contribution in [-0.4, -0.2) is 23.8 Å². The summed E-state index contributed by atoms with van der Waals surface area (Å²) in [5, 5.41) is 5.57. The zero-order valence-electron chi connectivity index (χ0n) is 12.0. The second kappa shape index (κ2) is 7.98. The van der Waals surface area contributed by atoms with Gasteiger partial charge in [-0.1, -0.05) is 11.6 Å². The molecular formula is C14H12ClF2N3O2S. The topological polar surface area (TPSA) is 63.6 Å². The maximum atomic E-state index is 13.6. The third kappa shape index (κ3) is 4.70. The number of nitrogens with one attached hydrogen (secondary N) is 1. The van der Waals surface area contributed by atoms with Gasteiger partial charge >= 0.3 is 5.97 Å². The van der Waals surface area contributed by atoms with Crippen molar-refractivity contribution in [3.63, 3.8) is 0 Å². The minimum atomic E-state index is -1.12. The first-order valence-electron chi connectivity index (χ1n) is 6.53. The number of hydrogen-bond donors (Lipinski definition) is 1. The molecule has 0 aliphatic heterocycles. The number of nitrogens with zero attached hydrogens (tertiary/aromatic N) is 2. The summed E-state index contributed by atoms with van der Waals surface area (Å²) in [7, 11) is 0. The number of carbonyl (C=O) groups is 1. The largest absolute Gasteiger partial charge is 0.466 e. The highest BCUT2D eigenvalue weighted by Crippen LogP contribution is 2.20. The molecule has 23 heavy (non-hydrogen) atoms. The van der Waals surface area contributed by atoms with Gasteiger partial charge in [0.25, 0.3) is 0 Å². The van der Waals surface area contributed by atoms with E-state index in [-0.39, 0.29) is 23.0 Å². The summed E-state index contributed by atoms with van der Waals surface area (Å²) in [6.07, 6.45) is 1.17. The number of ether oxygens (including phenoxy) is 1. The number of anilines is 1. The van der Waals surface area contributed by atoms with Gasteiger partial charge in [0.05, 0.1) is 30.0 Å². The van der Waals surface area contributed by atoms with Gasteiger partial charge in [0.2, 0.25) is 5.13 Å². The molecule has 2 rings (SSSR count). The van der Waals surface area contributed by atoms with Crippen molar-refractivity contribution in [2.24, 2.45) is 5.10 Å². The summed E-state index contributed by atoms with van der Waals surface area (Å²) < 4.78 is 31.7. The molecule has 0 aliphatic rings. The summed E-state index contributed by atoms with van der Waals surface area (Å²) in [5.74, 6) is -2.57. The van der Waals surface area contributed by atoms with Gasteiger partial charge in [0.15, 0.2) is 11.6 Å². The molecule has 0 fully saturated rings. The van der Waals surface area contributed by atoms with Crippen LogP contribution in [0.3, 0.4) is 0 Å². The Morgan fingerprint density at radius 2 is 2.26 bits per heavy atom. The Morgan fingerprint density at radius 1 is 1.48 bits per heavy atom. The molecule has 1 N–H and O–H groups in total. The molecule has 1 aromatic heterocycles. The van der Waals surface area contributed by atoms with Crippen LogP contribution in [0.4, 0.5) is 13.9 Å². The number of halogens is 3. The van der Waals surface area contributed by atoms with Gasteiger partial charge in [-0.05, 0) is 19.1 Å². The van der Waals surface area contributed by atoms with Crippen molar-refractivity contribution in [3.8, 4) is 0 Å². The number of thiazole rings is 1. The van der Waals surface area contributed by atoms with Gasteiger partial charge in [-0.25, -0.2) is 13.8 Å². The van der Waals surface area contributed by atoms with Crippen LogP contribution in [0.1, 0.15) is 18.2 Å². The van der Waals surface area contributed by atoms with Gasteiger partial charge in [-0.15, -0.1) is 11.3 Å². The van der Waals surface area contributed by atoms with E-state index in [0.717, 1.165) is 6.21 Å². The predicted molar refractivity (Wildman–Crippen MR) is 85.0 cm³/mol. The van der Waals surface area contributed by atoms with Gasteiger partial charge in [0, 0.05) is 10.9 Å². The van der Waals surface area contributed by atoms with Crippen LogP contribution in [0.15, 0.2) is 22.6 Å². The fraction of sp³-hybridized carbons (Fsp3) is 0.214. The third-order valence-corrected chi connectivity index (χ3v) is 3.70. The molecule has 0 amide bonds. The van der Waals surface area contributed by atoms with E-state index < -0.39 is 11.6 Å². The normalized spacial score (nSPS) is 11.0. The number of hydrogen-bond acceptors (Lipinski definition) is 6. The molecule has 0 atom stereocenters. The maximum Gasteiger partial charge on any atom is 0.311 e. The molecule has 0 spiro atoms. The molecule has 2 aromatic rings. The van der Waals surface area contributed by atoms with Crippen LogP contribution in [-0.2, 0) is 16.0 Å². The van der Waals surface area contributed by atoms with Gasteiger partial charge < -0.3 is 4.74 Å². The van der Waals surface area contributed by atoms with Crippen molar-refractivity contribution in [2.45, 2.75) is 13.3 Å². The molecule has 0 saturated carbocycles. The summed E-state index contributed by atoms with van der Waals surface area (Å²) in [5.41, 5.74) is 3.07. The van der Waals surface area contributed by atoms with Crippen molar-refractivity contribution in [3.05, 3.63) is 45.4 Å². The minimum absolute atomic E-state index is 0.0531. The first kappa shape index (κ1) is 17.3. The predicted octanol–water partition coefficient (Wildman–Crippen LogP) is 3.63. The van der Waals surface area contributed by atoms with E-state index in [4.69, 9.17) is 16.3 Å². The highest BCUT2D eigenvalue weighted by Gasteiger charge is 2.11. The first-order chi connectivity index (χ1) is 11.0. The highest BCUT2D eigenvalue weighted by molar-refractivity contribution is 7.13. The molecule has 9 heteroatoms. The SMILES string of the molecule is CCOC(=O)Cc1csc(NN=Cc2ccc(Cl)c(F)c2F)n1. The van der Waals surface area contributed by atoms with Crippen LogP contribution < -0.4 is 5.43 Å². The Kier molecular flexibility index (Phi) is 6.00. The molecule has 122 valence electrons. The number of aromatic nitrogens is 1. The molecule has 0 unspecified atom stereocenters. The van der Waals surface area contributed by atoms with Crippen LogP contribution in [0.25, 0.3) is 0 Å². The van der Waals surface area contributed by atoms with Crippen molar-refractivity contribution in [2.75, 3.05) is 12.0 Å². The number of esters is 1. The quantitative estimate of drug-likeness (QED) is 0.370. The fourth-order valence-electron chi connectivity index (χ4n) is 1.60. The lowest BCUT2D eigenvalue weighted by Crippen LogP contribution is -2.07. The van der Waals surface area contributed by atoms with Crippen molar-refractivity contribution < 1.29 is 18.3 Å². The van der Waals surface area contributed by atoms with Crippen molar-refractivity contribution in [1.82, 2.24) is 4.98 Å². The van der Waals surface area contributed by atoms with E-state index in [1.165, 1.54) is 23.5 Å². The molecule has 1 aromatic carbocycles. The Labute approximate surface area is 139 Å². The molecular weight excluding hydrogens is 348 g/mol. The van der Waals surface area contributed by atoms with Gasteiger partial charge in [-0.3, -0.25) is 10.2 Å². The van der Waals surface area contributed by atoms with E-state index >= 15 is 0 Å². The number of carbonyl (C=O) groups excluding carboxylic acids is 1. The average molecular weight is 360 g/mol. The second-order valence-electron chi connectivity index (χ2n) is 4.26. The lowest BCUT2D eigenvalue weighted by atomic mass is 10.2. The van der Waals surface area contributed by atoms with Crippen LogP contribution in [0, 0.1) is 11.6 Å². The second-order valence-corrected chi connectivity index (χ2v) is 5.53. The molecule has 0 radical (unpaired) electrons. The summed E-state index contributed by atoms with van der Waals surface area (Å²) in [6.45, 7) is 2.03. The van der Waals surface area contributed by atoms with E-state index in [9.17, 15) is 13.6 Å². The van der Waals surface area contributed by atoms with Crippen LogP contribution in [0.5, 0.6) is 0 Å². The maximum absolute atomic E-state index is 13.6. The standard InChI is InChI=1S/C14H12ClF2N3O2S/c1-2-22-11(21)5-9-7-23-14(19-9)20-18-6-8-3-4-10(15)13(17)12(8)16/h3-4,6-7H,2,5H2,1H3,(H,19,20). The Bertz CT molecular complexity index is 737. The van der Waals surface area contributed by atoms with E-state index in [1.54, 1.807) is 12.3 Å². The fourth-order valence-corrected chi connectivity index (χ4v) is 2.40. The molecule has 0 saturated heterocycles. The summed E-state index contributed by atoms with van der Waals surface area (Å²) >= 11 is 6.68. The Morgan fingerprint density at radius 3 is 3.00 bits per heavy atom. The summed E-state index contributed by atoms with van der Waals surface area (Å²) in [6, 6.07) is 2.54. The number of rotatable bonds is 6. The molecule has 5 nitrogen and oxygen atoms in total. The minimum Gasteiger partial charge on any atom is -0.466 e. The third-order valence-electron chi connectivity index (χ3n) is 2.61. The Balaban J connectivity index is 1.97. The lowest BCUT2D eigenvalue weighted by molar-refractivity contribution is -0.142. The van der Waals surface area contributed by atoms with E-state index in [2.05, 4.69) is 15.5 Å². The number of benzene rings is 1. The first-order valence-corrected chi connectivity index (χ1v) is 7.79. The van der Waals surface area contributed by atoms with Gasteiger partial charge in [0.1, 0.15) is 0 Å².